The van der Waals surface area contributed by atoms with Gasteiger partial charge in [-0.3, -0.25) is 0 Å². The van der Waals surface area contributed by atoms with Crippen LogP contribution in [0.25, 0.3) is 10.9 Å². The van der Waals surface area contributed by atoms with Crippen LogP contribution >= 0.6 is 15.9 Å². The number of carbonyl (C=O) groups excluding carboxylic acids is 2. The Kier molecular flexibility index (Phi) is 7.08. The van der Waals surface area contributed by atoms with Crippen molar-refractivity contribution < 1.29 is 27.8 Å². The van der Waals surface area contributed by atoms with Crippen LogP contribution in [-0.2, 0) is 9.47 Å². The van der Waals surface area contributed by atoms with E-state index in [-0.39, 0.29) is 31.7 Å². The van der Waals surface area contributed by atoms with Crippen molar-refractivity contribution >= 4 is 50.7 Å². The number of nitrogens with zero attached hydrogens (tertiary/aromatic N) is 4. The number of carbonyl (C=O) groups is 2. The van der Waals surface area contributed by atoms with E-state index < -0.39 is 29.3 Å². The SMILES string of the molecule is CC(C)(C)OC(=O)N(C(=O)OC(C)(C)C)c1cc2ccc(Br)nc2c(N2CCC(F)(F)CC2)n1. The average molecular weight is 543 g/mol. The van der Waals surface area contributed by atoms with E-state index in [0.717, 1.165) is 4.90 Å². The Bertz CT molecular complexity index is 1060. The Hall–Kier alpha value is -2.56. The zero-order chi connectivity index (χ0) is 25.5. The normalized spacial score (nSPS) is 16.3. The zero-order valence-electron chi connectivity index (χ0n) is 20.1. The number of amides is 2. The number of hydrogen-bond donors (Lipinski definition) is 0. The molecule has 3 heterocycles. The van der Waals surface area contributed by atoms with Gasteiger partial charge in [-0.2, -0.15) is 4.90 Å². The first-order chi connectivity index (χ1) is 15.5. The molecule has 0 spiro atoms. The van der Waals surface area contributed by atoms with E-state index in [1.807, 2.05) is 0 Å². The molecule has 0 bridgehead atoms. The van der Waals surface area contributed by atoms with E-state index in [1.165, 1.54) is 6.07 Å². The van der Waals surface area contributed by atoms with Crippen LogP contribution in [0.2, 0.25) is 0 Å². The zero-order valence-corrected chi connectivity index (χ0v) is 21.7. The molecular formula is C23H29BrF2N4O4. The molecule has 8 nitrogen and oxygen atoms in total. The number of rotatable bonds is 2. The fourth-order valence-corrected chi connectivity index (χ4v) is 3.64. The molecule has 0 aromatic carbocycles. The summed E-state index contributed by atoms with van der Waals surface area (Å²) in [6.45, 7) is 10.1. The second-order valence-electron chi connectivity index (χ2n) is 10.1. The molecule has 2 amide bonds. The predicted molar refractivity (Wildman–Crippen MR) is 129 cm³/mol. The van der Waals surface area contributed by atoms with Crippen molar-refractivity contribution in [2.75, 3.05) is 22.9 Å². The number of ether oxygens (including phenoxy) is 2. The number of imide groups is 1. The van der Waals surface area contributed by atoms with Gasteiger partial charge in [0.25, 0.3) is 5.92 Å². The van der Waals surface area contributed by atoms with Gasteiger partial charge in [0.1, 0.15) is 21.3 Å². The van der Waals surface area contributed by atoms with Gasteiger partial charge in [-0.05, 0) is 75.7 Å². The topological polar surface area (TPSA) is 84.9 Å². The minimum atomic E-state index is -2.75. The molecule has 1 aliphatic rings. The monoisotopic (exact) mass is 542 g/mol. The fourth-order valence-electron chi connectivity index (χ4n) is 3.33. The smallest absolute Gasteiger partial charge is 0.425 e. The number of halogens is 3. The molecule has 186 valence electrons. The minimum Gasteiger partial charge on any atom is -0.443 e. The van der Waals surface area contributed by atoms with Crippen LogP contribution < -0.4 is 9.80 Å². The first-order valence-electron chi connectivity index (χ1n) is 10.9. The number of hydrogen-bond acceptors (Lipinski definition) is 7. The summed E-state index contributed by atoms with van der Waals surface area (Å²) >= 11 is 3.33. The molecule has 1 saturated heterocycles. The highest BCUT2D eigenvalue weighted by Gasteiger charge is 2.37. The van der Waals surface area contributed by atoms with Crippen LogP contribution in [0.15, 0.2) is 22.8 Å². The predicted octanol–water partition coefficient (Wildman–Crippen LogP) is 6.30. The molecule has 2 aromatic rings. The lowest BCUT2D eigenvalue weighted by Crippen LogP contribution is -2.44. The molecule has 34 heavy (non-hydrogen) atoms. The highest BCUT2D eigenvalue weighted by atomic mass is 79.9. The van der Waals surface area contributed by atoms with E-state index in [2.05, 4.69) is 25.9 Å². The van der Waals surface area contributed by atoms with Crippen molar-refractivity contribution in [3.63, 3.8) is 0 Å². The van der Waals surface area contributed by atoms with Crippen molar-refractivity contribution in [2.45, 2.75) is 71.5 Å². The summed E-state index contributed by atoms with van der Waals surface area (Å²) in [5.74, 6) is -2.51. The van der Waals surface area contributed by atoms with E-state index >= 15 is 0 Å². The van der Waals surface area contributed by atoms with Crippen molar-refractivity contribution in [3.8, 4) is 0 Å². The average Bonchev–Trinajstić information content (AvgIpc) is 2.65. The van der Waals surface area contributed by atoms with Crippen LogP contribution in [0.4, 0.5) is 30.0 Å². The summed E-state index contributed by atoms with van der Waals surface area (Å²) < 4.78 is 39.0. The number of alkyl halides is 2. The quantitative estimate of drug-likeness (QED) is 0.411. The van der Waals surface area contributed by atoms with Gasteiger partial charge in [0, 0.05) is 31.3 Å². The lowest BCUT2D eigenvalue weighted by molar-refractivity contribution is -0.0221. The molecule has 0 atom stereocenters. The highest BCUT2D eigenvalue weighted by Crippen LogP contribution is 2.35. The fraction of sp³-hybridized carbons (Fsp3) is 0.565. The Morgan fingerprint density at radius 1 is 1.00 bits per heavy atom. The number of anilines is 2. The number of piperidine rings is 1. The van der Waals surface area contributed by atoms with E-state index in [9.17, 15) is 18.4 Å². The maximum atomic E-state index is 13.8. The van der Waals surface area contributed by atoms with E-state index in [0.29, 0.717) is 21.3 Å². The van der Waals surface area contributed by atoms with Gasteiger partial charge >= 0.3 is 12.2 Å². The second kappa shape index (κ2) is 9.24. The molecule has 0 saturated carbocycles. The maximum Gasteiger partial charge on any atom is 0.425 e. The standard InChI is InChI=1S/C23H29BrF2N4O4/c1-21(2,3)33-19(31)30(20(32)34-22(4,5)6)16-13-14-7-8-15(24)27-17(14)18(28-16)29-11-9-23(25,26)10-12-29/h7-8,13H,9-12H2,1-6H3. The number of aromatic nitrogens is 2. The first-order valence-corrected chi connectivity index (χ1v) is 11.7. The van der Waals surface area contributed by atoms with Crippen molar-refractivity contribution in [1.29, 1.82) is 0 Å². The second-order valence-corrected chi connectivity index (χ2v) is 11.0. The lowest BCUT2D eigenvalue weighted by atomic mass is 10.1. The minimum absolute atomic E-state index is 0.0472. The van der Waals surface area contributed by atoms with Gasteiger partial charge in [-0.25, -0.2) is 28.3 Å². The third-order valence-corrected chi connectivity index (χ3v) is 5.23. The van der Waals surface area contributed by atoms with Gasteiger partial charge < -0.3 is 14.4 Å². The Balaban J connectivity index is 2.14. The summed E-state index contributed by atoms with van der Waals surface area (Å²) in [6, 6.07) is 4.96. The Morgan fingerprint density at radius 2 is 1.53 bits per heavy atom. The summed E-state index contributed by atoms with van der Waals surface area (Å²) in [5.41, 5.74) is -1.32. The van der Waals surface area contributed by atoms with E-state index in [4.69, 9.17) is 9.47 Å². The molecule has 0 aliphatic carbocycles. The van der Waals surface area contributed by atoms with Crippen molar-refractivity contribution in [3.05, 3.63) is 22.8 Å². The first kappa shape index (κ1) is 26.1. The summed E-state index contributed by atoms with van der Waals surface area (Å²) in [4.78, 5) is 37.6. The molecule has 2 aromatic heterocycles. The molecule has 0 unspecified atom stereocenters. The van der Waals surface area contributed by atoms with Gasteiger partial charge in [0.15, 0.2) is 11.6 Å². The van der Waals surface area contributed by atoms with Gasteiger partial charge in [0.05, 0.1) is 0 Å². The van der Waals surface area contributed by atoms with Gasteiger partial charge in [-0.15, -0.1) is 0 Å². The molecule has 3 rings (SSSR count). The Labute approximate surface area is 205 Å². The van der Waals surface area contributed by atoms with Crippen LogP contribution in [0.1, 0.15) is 54.4 Å². The van der Waals surface area contributed by atoms with Crippen LogP contribution in [-0.4, -0.2) is 52.4 Å². The molecule has 0 N–H and O–H groups in total. The van der Waals surface area contributed by atoms with Crippen LogP contribution in [0.3, 0.4) is 0 Å². The Morgan fingerprint density at radius 3 is 2.03 bits per heavy atom. The number of pyridine rings is 2. The molecule has 0 radical (unpaired) electrons. The third kappa shape index (κ3) is 6.52. The maximum absolute atomic E-state index is 13.8. The summed E-state index contributed by atoms with van der Waals surface area (Å²) in [7, 11) is 0. The lowest BCUT2D eigenvalue weighted by Gasteiger charge is -2.33. The third-order valence-electron chi connectivity index (χ3n) is 4.79. The van der Waals surface area contributed by atoms with Crippen molar-refractivity contribution in [1.82, 2.24) is 9.97 Å². The van der Waals surface area contributed by atoms with E-state index in [1.54, 1.807) is 58.6 Å². The molecule has 11 heteroatoms. The summed E-state index contributed by atoms with van der Waals surface area (Å²) in [5, 5.41) is 0.567. The highest BCUT2D eigenvalue weighted by molar-refractivity contribution is 9.10. The van der Waals surface area contributed by atoms with Gasteiger partial charge in [0.2, 0.25) is 0 Å². The molecule has 1 fully saturated rings. The van der Waals surface area contributed by atoms with Gasteiger partial charge in [-0.1, -0.05) is 0 Å². The molecule has 1 aliphatic heterocycles. The van der Waals surface area contributed by atoms with Crippen LogP contribution in [0, 0.1) is 0 Å². The van der Waals surface area contributed by atoms with Crippen molar-refractivity contribution in [2.24, 2.45) is 0 Å². The van der Waals surface area contributed by atoms with Crippen LogP contribution in [0.5, 0.6) is 0 Å². The molecular weight excluding hydrogens is 514 g/mol. The largest absolute Gasteiger partial charge is 0.443 e. The number of fused-ring (bicyclic) bond motifs is 1. The summed E-state index contributed by atoms with van der Waals surface area (Å²) in [6.07, 6.45) is -2.60.